The van der Waals surface area contributed by atoms with E-state index in [0.29, 0.717) is 11.0 Å². The lowest BCUT2D eigenvalue weighted by molar-refractivity contribution is 0.0238. The van der Waals surface area contributed by atoms with Crippen molar-refractivity contribution < 1.29 is 0 Å². The first-order valence-electron chi connectivity index (χ1n) is 7.00. The third-order valence-corrected chi connectivity index (χ3v) is 4.61. The van der Waals surface area contributed by atoms with Gasteiger partial charge < -0.3 is 0 Å². The van der Waals surface area contributed by atoms with Gasteiger partial charge in [0.1, 0.15) is 0 Å². The molecule has 1 saturated heterocycles. The van der Waals surface area contributed by atoms with E-state index < -0.39 is 0 Å². The van der Waals surface area contributed by atoms with Crippen LogP contribution >= 0.6 is 0 Å². The van der Waals surface area contributed by atoms with Crippen LogP contribution in [-0.4, -0.2) is 22.5 Å². The van der Waals surface area contributed by atoms with Gasteiger partial charge >= 0.3 is 0 Å². The molecule has 1 nitrogen and oxygen atoms in total. The van der Waals surface area contributed by atoms with Crippen LogP contribution < -0.4 is 0 Å². The molecule has 1 heteroatoms. The number of likely N-dealkylation sites (tertiary alicyclic amines) is 1. The number of fused-ring (bicyclic) bond motifs is 1. The summed E-state index contributed by atoms with van der Waals surface area (Å²) in [4.78, 5) is 2.85. The molecule has 3 unspecified atom stereocenters. The lowest BCUT2D eigenvalue weighted by Gasteiger charge is -2.46. The summed E-state index contributed by atoms with van der Waals surface area (Å²) in [7, 11) is 0. The maximum atomic E-state index is 2.85. The molecule has 1 aliphatic heterocycles. The van der Waals surface area contributed by atoms with Gasteiger partial charge in [-0.2, -0.15) is 0 Å². The van der Waals surface area contributed by atoms with Crippen LogP contribution in [0, 0.1) is 11.3 Å². The van der Waals surface area contributed by atoms with Crippen LogP contribution in [0.3, 0.4) is 0 Å². The second-order valence-corrected chi connectivity index (χ2v) is 7.95. The first-order valence-corrected chi connectivity index (χ1v) is 7.00. The van der Waals surface area contributed by atoms with E-state index in [2.05, 4.69) is 46.4 Å². The maximum absolute atomic E-state index is 2.85. The van der Waals surface area contributed by atoms with E-state index in [1.165, 1.54) is 25.7 Å². The quantitative estimate of drug-likeness (QED) is 0.592. The van der Waals surface area contributed by atoms with Crippen molar-refractivity contribution in [2.75, 3.05) is 0 Å². The Morgan fingerprint density at radius 3 is 2.00 bits per heavy atom. The molecule has 0 aromatic rings. The van der Waals surface area contributed by atoms with Crippen molar-refractivity contribution in [3.63, 3.8) is 0 Å². The van der Waals surface area contributed by atoms with Crippen molar-refractivity contribution in [1.29, 1.82) is 0 Å². The van der Waals surface area contributed by atoms with Crippen molar-refractivity contribution in [2.24, 2.45) is 11.3 Å². The number of nitrogens with zero attached hydrogens (tertiary/aromatic N) is 1. The second-order valence-electron chi connectivity index (χ2n) is 7.95. The molecule has 2 rings (SSSR count). The lowest BCUT2D eigenvalue weighted by atomic mass is 9.82. The van der Waals surface area contributed by atoms with Gasteiger partial charge in [0.2, 0.25) is 0 Å². The van der Waals surface area contributed by atoms with Gasteiger partial charge in [0.25, 0.3) is 0 Å². The van der Waals surface area contributed by atoms with Crippen molar-refractivity contribution in [3.05, 3.63) is 0 Å². The summed E-state index contributed by atoms with van der Waals surface area (Å²) >= 11 is 0. The van der Waals surface area contributed by atoms with Crippen LogP contribution in [0.2, 0.25) is 0 Å². The highest BCUT2D eigenvalue weighted by molar-refractivity contribution is 5.04. The standard InChI is InChI=1S/C15H29N.CH4/c1-14(2,3)13-10-11-8-7-9-12(11)16(13)15(4,5)6;/h11-13H,7-10H2,1-6H3;1H4. The fraction of sp³-hybridized carbons (Fsp3) is 1.00. The van der Waals surface area contributed by atoms with Crippen LogP contribution in [0.25, 0.3) is 0 Å². The molecule has 17 heavy (non-hydrogen) atoms. The zero-order chi connectivity index (χ0) is 12.1. The van der Waals surface area contributed by atoms with E-state index in [4.69, 9.17) is 0 Å². The van der Waals surface area contributed by atoms with Gasteiger partial charge in [0.05, 0.1) is 0 Å². The van der Waals surface area contributed by atoms with E-state index in [0.717, 1.165) is 18.0 Å². The third-order valence-electron chi connectivity index (χ3n) is 4.61. The van der Waals surface area contributed by atoms with Crippen LogP contribution in [0.5, 0.6) is 0 Å². The van der Waals surface area contributed by atoms with Gasteiger partial charge in [-0.25, -0.2) is 0 Å². The molecule has 1 aliphatic carbocycles. The van der Waals surface area contributed by atoms with E-state index in [9.17, 15) is 0 Å². The molecule has 1 saturated carbocycles. The van der Waals surface area contributed by atoms with Crippen molar-refractivity contribution in [3.8, 4) is 0 Å². The van der Waals surface area contributed by atoms with Gasteiger partial charge in [-0.15, -0.1) is 0 Å². The van der Waals surface area contributed by atoms with E-state index >= 15 is 0 Å². The summed E-state index contributed by atoms with van der Waals surface area (Å²) in [5.41, 5.74) is 0.763. The highest BCUT2D eigenvalue weighted by Crippen LogP contribution is 2.49. The molecule has 2 aliphatic rings. The molecule has 0 amide bonds. The van der Waals surface area contributed by atoms with Crippen LogP contribution in [-0.2, 0) is 0 Å². The highest BCUT2D eigenvalue weighted by atomic mass is 15.3. The molecule has 0 N–H and O–H groups in total. The fourth-order valence-corrected chi connectivity index (χ4v) is 4.03. The predicted molar refractivity (Wildman–Crippen MR) is 77.3 cm³/mol. The van der Waals surface area contributed by atoms with Gasteiger partial charge in [-0.1, -0.05) is 34.6 Å². The Kier molecular flexibility index (Phi) is 4.04. The largest absolute Gasteiger partial charge is 0.292 e. The summed E-state index contributed by atoms with van der Waals surface area (Å²) in [6.45, 7) is 14.4. The molecule has 0 bridgehead atoms. The molecule has 0 aromatic heterocycles. The van der Waals surface area contributed by atoms with Crippen molar-refractivity contribution in [1.82, 2.24) is 4.90 Å². The second kappa shape index (κ2) is 4.57. The molecule has 3 atom stereocenters. The molecule has 1 heterocycles. The van der Waals surface area contributed by atoms with Gasteiger partial charge in [0, 0.05) is 17.6 Å². The molecule has 0 aromatic carbocycles. The summed E-state index contributed by atoms with van der Waals surface area (Å²) < 4.78 is 0. The Hall–Kier alpha value is -0.0400. The topological polar surface area (TPSA) is 3.24 Å². The van der Waals surface area contributed by atoms with Gasteiger partial charge in [0.15, 0.2) is 0 Å². The average molecular weight is 239 g/mol. The van der Waals surface area contributed by atoms with Crippen molar-refractivity contribution in [2.45, 2.75) is 92.3 Å². The minimum atomic E-state index is 0. The first kappa shape index (κ1) is 15.0. The zero-order valence-corrected chi connectivity index (χ0v) is 12.0. The molecule has 102 valence electrons. The van der Waals surface area contributed by atoms with E-state index in [1.807, 2.05) is 0 Å². The Balaban J connectivity index is 0.00000144. The van der Waals surface area contributed by atoms with Crippen LogP contribution in [0.1, 0.15) is 74.7 Å². The molecule has 0 radical (unpaired) electrons. The zero-order valence-electron chi connectivity index (χ0n) is 12.0. The number of rotatable bonds is 0. The molecule has 0 spiro atoms. The Morgan fingerprint density at radius 1 is 0.941 bits per heavy atom. The van der Waals surface area contributed by atoms with Crippen LogP contribution in [0.15, 0.2) is 0 Å². The Morgan fingerprint density at radius 2 is 1.53 bits per heavy atom. The fourth-order valence-electron chi connectivity index (χ4n) is 4.03. The summed E-state index contributed by atoms with van der Waals surface area (Å²) in [5.74, 6) is 0.989. The van der Waals surface area contributed by atoms with Gasteiger partial charge in [-0.3, -0.25) is 4.90 Å². The first-order chi connectivity index (χ1) is 7.21. The lowest BCUT2D eigenvalue weighted by Crippen LogP contribution is -2.53. The predicted octanol–water partition coefficient (Wildman–Crippen LogP) is 4.71. The normalized spacial score (nSPS) is 34.6. The highest BCUT2D eigenvalue weighted by Gasteiger charge is 2.50. The van der Waals surface area contributed by atoms with E-state index in [1.54, 1.807) is 0 Å². The minimum absolute atomic E-state index is 0. The Bertz CT molecular complexity index is 256. The number of hydrogen-bond acceptors (Lipinski definition) is 1. The summed E-state index contributed by atoms with van der Waals surface area (Å²) in [6.07, 6.45) is 5.81. The smallest absolute Gasteiger partial charge is 0.0155 e. The van der Waals surface area contributed by atoms with Crippen molar-refractivity contribution >= 4 is 0 Å². The monoisotopic (exact) mass is 239 g/mol. The van der Waals surface area contributed by atoms with Crippen LogP contribution in [0.4, 0.5) is 0 Å². The molecule has 2 fully saturated rings. The average Bonchev–Trinajstić information content (AvgIpc) is 2.53. The SMILES string of the molecule is C.CC(C)(C)C1CC2CCCC2N1C(C)(C)C. The number of hydrogen-bond donors (Lipinski definition) is 0. The molecular formula is C16H33N. The summed E-state index contributed by atoms with van der Waals surface area (Å²) in [5, 5.41) is 0. The third kappa shape index (κ3) is 2.70. The van der Waals surface area contributed by atoms with E-state index in [-0.39, 0.29) is 7.43 Å². The van der Waals surface area contributed by atoms with Gasteiger partial charge in [-0.05, 0) is 51.4 Å². The maximum Gasteiger partial charge on any atom is 0.0155 e. The Labute approximate surface area is 109 Å². The molecular weight excluding hydrogens is 206 g/mol. The summed E-state index contributed by atoms with van der Waals surface area (Å²) in [6, 6.07) is 1.66. The minimum Gasteiger partial charge on any atom is -0.292 e.